The standard InChI is InChI=1S/C31H37N3O6/c1-7-8-24(35)38-13-23-26-19(28(36)17(4)30-31(26)40-14-39-30)11-21-27-25-16(3)29(37-6)15(2)9-18(25)10-20(33(27)5)22(12-32)34(21)23/h9,20-23,27,36H,7-8,10-11,13-14H2,1-6H3/t20-,21?,22-,23-,27-/m0/s1. The number of ether oxygens (including phenoxy) is 4. The van der Waals surface area contributed by atoms with E-state index in [1.54, 1.807) is 7.11 Å². The number of likely N-dealkylation sites (N-methyl/N-ethyl adjacent to an activating group) is 1. The highest BCUT2D eigenvalue weighted by molar-refractivity contribution is 5.70. The second kappa shape index (κ2) is 9.86. The minimum Gasteiger partial charge on any atom is -0.507 e. The minimum atomic E-state index is -0.478. The molecule has 0 aromatic heterocycles. The van der Waals surface area contributed by atoms with E-state index in [2.05, 4.69) is 42.8 Å². The van der Waals surface area contributed by atoms with Crippen LogP contribution in [-0.4, -0.2) is 66.6 Å². The van der Waals surface area contributed by atoms with Gasteiger partial charge in [-0.1, -0.05) is 13.0 Å². The first-order valence-electron chi connectivity index (χ1n) is 14.1. The molecule has 2 bridgehead atoms. The first kappa shape index (κ1) is 26.7. The number of aromatic hydroxyl groups is 1. The predicted octanol–water partition coefficient (Wildman–Crippen LogP) is 4.17. The molecule has 0 saturated carbocycles. The molecule has 2 aromatic carbocycles. The number of piperazine rings is 1. The summed E-state index contributed by atoms with van der Waals surface area (Å²) in [5.41, 5.74) is 6.82. The van der Waals surface area contributed by atoms with Crippen LogP contribution < -0.4 is 14.2 Å². The van der Waals surface area contributed by atoms with Gasteiger partial charge in [0.2, 0.25) is 6.79 Å². The van der Waals surface area contributed by atoms with E-state index < -0.39 is 12.1 Å². The molecule has 4 aliphatic heterocycles. The van der Waals surface area contributed by atoms with Gasteiger partial charge in [0.05, 0.1) is 25.3 Å². The van der Waals surface area contributed by atoms with Crippen LogP contribution in [0.5, 0.6) is 23.0 Å². The number of hydrogen-bond acceptors (Lipinski definition) is 9. The fourth-order valence-electron chi connectivity index (χ4n) is 7.79. The van der Waals surface area contributed by atoms with Gasteiger partial charge in [0, 0.05) is 35.2 Å². The molecule has 0 radical (unpaired) electrons. The predicted molar refractivity (Wildman–Crippen MR) is 147 cm³/mol. The highest BCUT2D eigenvalue weighted by Crippen LogP contribution is 2.57. The zero-order valence-corrected chi connectivity index (χ0v) is 24.0. The maximum Gasteiger partial charge on any atom is 0.305 e. The van der Waals surface area contributed by atoms with Crippen LogP contribution in [-0.2, 0) is 22.4 Å². The molecule has 4 aliphatic rings. The van der Waals surface area contributed by atoms with Gasteiger partial charge in [0.1, 0.15) is 24.1 Å². The highest BCUT2D eigenvalue weighted by Gasteiger charge is 2.56. The van der Waals surface area contributed by atoms with Crippen LogP contribution in [0, 0.1) is 32.1 Å². The molecule has 1 N–H and O–H groups in total. The van der Waals surface area contributed by atoms with E-state index >= 15 is 0 Å². The fraction of sp³-hybridized carbons (Fsp3) is 0.548. The van der Waals surface area contributed by atoms with E-state index in [0.29, 0.717) is 36.3 Å². The average molecular weight is 548 g/mol. The van der Waals surface area contributed by atoms with Crippen molar-refractivity contribution >= 4 is 5.97 Å². The normalized spacial score (nSPS) is 26.4. The molecule has 6 rings (SSSR count). The highest BCUT2D eigenvalue weighted by atomic mass is 16.7. The fourth-order valence-corrected chi connectivity index (χ4v) is 7.79. The minimum absolute atomic E-state index is 0.0548. The Bertz CT molecular complexity index is 1430. The summed E-state index contributed by atoms with van der Waals surface area (Å²) in [6, 6.07) is 3.60. The zero-order chi connectivity index (χ0) is 28.5. The Morgan fingerprint density at radius 1 is 1.15 bits per heavy atom. The molecule has 1 unspecified atom stereocenters. The second-order valence-electron chi connectivity index (χ2n) is 11.5. The molecule has 1 saturated heterocycles. The van der Waals surface area contributed by atoms with Crippen LogP contribution in [0.4, 0.5) is 0 Å². The summed E-state index contributed by atoms with van der Waals surface area (Å²) in [6.07, 6.45) is 2.24. The Labute approximate surface area is 235 Å². The molecule has 2 aromatic rings. The van der Waals surface area contributed by atoms with Crippen LogP contribution in [0.2, 0.25) is 0 Å². The van der Waals surface area contributed by atoms with E-state index in [0.717, 1.165) is 34.4 Å². The Morgan fingerprint density at radius 2 is 1.90 bits per heavy atom. The van der Waals surface area contributed by atoms with Gasteiger partial charge in [0.15, 0.2) is 11.5 Å². The molecule has 5 atom stereocenters. The summed E-state index contributed by atoms with van der Waals surface area (Å²) in [6.45, 7) is 8.06. The maximum absolute atomic E-state index is 12.6. The van der Waals surface area contributed by atoms with Crippen molar-refractivity contribution in [1.82, 2.24) is 9.80 Å². The molecule has 212 valence electrons. The number of nitrogens with zero attached hydrogens (tertiary/aromatic N) is 3. The summed E-state index contributed by atoms with van der Waals surface area (Å²) in [4.78, 5) is 17.2. The first-order chi connectivity index (χ1) is 19.2. The molecule has 40 heavy (non-hydrogen) atoms. The number of nitriles is 1. The van der Waals surface area contributed by atoms with E-state index in [1.165, 1.54) is 11.1 Å². The smallest absolute Gasteiger partial charge is 0.305 e. The van der Waals surface area contributed by atoms with Crippen molar-refractivity contribution in [1.29, 1.82) is 5.26 Å². The zero-order valence-electron chi connectivity index (χ0n) is 24.0. The molecule has 9 nitrogen and oxygen atoms in total. The van der Waals surface area contributed by atoms with Gasteiger partial charge in [-0.05, 0) is 69.3 Å². The van der Waals surface area contributed by atoms with Gasteiger partial charge >= 0.3 is 5.97 Å². The van der Waals surface area contributed by atoms with Crippen molar-refractivity contribution in [2.75, 3.05) is 27.6 Å². The monoisotopic (exact) mass is 547 g/mol. The van der Waals surface area contributed by atoms with Crippen LogP contribution in [0.3, 0.4) is 0 Å². The number of fused-ring (bicyclic) bond motifs is 9. The van der Waals surface area contributed by atoms with Gasteiger partial charge in [0.25, 0.3) is 0 Å². The van der Waals surface area contributed by atoms with Gasteiger partial charge in [-0.15, -0.1) is 0 Å². The molecule has 4 heterocycles. The summed E-state index contributed by atoms with van der Waals surface area (Å²) in [7, 11) is 3.80. The number of methoxy groups -OCH3 is 1. The van der Waals surface area contributed by atoms with E-state index in [-0.39, 0.29) is 43.2 Å². The Kier molecular flexibility index (Phi) is 6.59. The molecular formula is C31H37N3O6. The summed E-state index contributed by atoms with van der Waals surface area (Å²) < 4.78 is 23.4. The first-order valence-corrected chi connectivity index (χ1v) is 14.1. The topological polar surface area (TPSA) is 104 Å². The molecule has 1 fully saturated rings. The summed E-state index contributed by atoms with van der Waals surface area (Å²) in [5.74, 6) is 1.87. The van der Waals surface area contributed by atoms with E-state index in [1.807, 2.05) is 13.8 Å². The number of carbonyl (C=O) groups is 1. The SMILES string of the molecule is CCCC(=O)OC[C@H]1c2c(c(O)c(C)c3c2OCO3)CC2[C@H]3c4c(cc(C)c(OC)c4C)C[C@@H]([C@H](C#N)N21)N3C. The number of esters is 1. The Balaban J connectivity index is 1.57. The third-order valence-electron chi connectivity index (χ3n) is 9.42. The van der Waals surface area contributed by atoms with Crippen molar-refractivity contribution in [2.24, 2.45) is 0 Å². The van der Waals surface area contributed by atoms with Crippen LogP contribution >= 0.6 is 0 Å². The molecular weight excluding hydrogens is 510 g/mol. The van der Waals surface area contributed by atoms with Crippen molar-refractivity contribution in [2.45, 2.75) is 83.6 Å². The number of phenols is 1. The maximum atomic E-state index is 12.6. The van der Waals surface area contributed by atoms with Gasteiger partial charge < -0.3 is 24.1 Å². The molecule has 0 amide bonds. The van der Waals surface area contributed by atoms with Crippen molar-refractivity contribution in [3.8, 4) is 29.1 Å². The molecule has 0 spiro atoms. The number of benzene rings is 2. The van der Waals surface area contributed by atoms with Crippen LogP contribution in [0.25, 0.3) is 0 Å². The number of carbonyl (C=O) groups excluding carboxylic acids is 1. The van der Waals surface area contributed by atoms with Crippen LogP contribution in [0.1, 0.15) is 70.8 Å². The lowest BCUT2D eigenvalue weighted by atomic mass is 9.71. The molecule has 0 aliphatic carbocycles. The number of hydrogen-bond donors (Lipinski definition) is 1. The second-order valence-corrected chi connectivity index (χ2v) is 11.5. The number of aryl methyl sites for hydroxylation is 1. The quantitative estimate of drug-likeness (QED) is 0.552. The third kappa shape index (κ3) is 3.69. The van der Waals surface area contributed by atoms with Crippen LogP contribution in [0.15, 0.2) is 6.07 Å². The van der Waals surface area contributed by atoms with Gasteiger partial charge in [-0.2, -0.15) is 5.26 Å². The van der Waals surface area contributed by atoms with Crippen molar-refractivity contribution in [3.63, 3.8) is 0 Å². The Hall–Kier alpha value is -3.48. The van der Waals surface area contributed by atoms with E-state index in [9.17, 15) is 15.2 Å². The number of phenolic OH excluding ortho intramolecular Hbond substituents is 1. The Morgan fingerprint density at radius 3 is 2.60 bits per heavy atom. The summed E-state index contributed by atoms with van der Waals surface area (Å²) in [5, 5.41) is 22.2. The third-order valence-corrected chi connectivity index (χ3v) is 9.42. The van der Waals surface area contributed by atoms with Gasteiger partial charge in [-0.25, -0.2) is 0 Å². The van der Waals surface area contributed by atoms with Crippen molar-refractivity contribution in [3.05, 3.63) is 45.0 Å². The molecule has 9 heteroatoms. The number of rotatable bonds is 5. The summed E-state index contributed by atoms with van der Waals surface area (Å²) >= 11 is 0. The van der Waals surface area contributed by atoms with E-state index in [4.69, 9.17) is 18.9 Å². The van der Waals surface area contributed by atoms with Crippen molar-refractivity contribution < 1.29 is 28.8 Å². The lowest BCUT2D eigenvalue weighted by molar-refractivity contribution is -0.149. The lowest BCUT2D eigenvalue weighted by Gasteiger charge is -2.60. The average Bonchev–Trinajstić information content (AvgIpc) is 3.41. The van der Waals surface area contributed by atoms with Gasteiger partial charge in [-0.3, -0.25) is 14.6 Å². The largest absolute Gasteiger partial charge is 0.507 e. The lowest BCUT2D eigenvalue weighted by Crippen LogP contribution is -2.68.